The Balaban J connectivity index is 1.54. The minimum Gasteiger partial charge on any atom is -0.349 e. The van der Waals surface area contributed by atoms with Crippen molar-refractivity contribution < 1.29 is 13.6 Å². The molecule has 0 aromatic carbocycles. The molecule has 148 valence electrons. The summed E-state index contributed by atoms with van der Waals surface area (Å²) in [5.74, 6) is -4.09. The van der Waals surface area contributed by atoms with Crippen LogP contribution in [0, 0.1) is 5.92 Å². The lowest BCUT2D eigenvalue weighted by atomic mass is 9.85. The second-order valence-corrected chi connectivity index (χ2v) is 8.83. The largest absolute Gasteiger partial charge is 0.349 e. The number of nitrogens with zero attached hydrogens (tertiary/aromatic N) is 3. The topological polar surface area (TPSA) is 59.3 Å². The summed E-state index contributed by atoms with van der Waals surface area (Å²) in [4.78, 5) is 16.8. The molecular weight excluding hydrogens is 429 g/mol. The van der Waals surface area contributed by atoms with Crippen molar-refractivity contribution in [3.63, 3.8) is 0 Å². The van der Waals surface area contributed by atoms with Crippen molar-refractivity contribution >= 4 is 46.0 Å². The predicted molar refractivity (Wildman–Crippen MR) is 106 cm³/mol. The lowest BCUT2D eigenvalue weighted by Gasteiger charge is -2.31. The summed E-state index contributed by atoms with van der Waals surface area (Å²) in [5, 5.41) is 7.47. The molecule has 1 aliphatic carbocycles. The zero-order valence-corrected chi connectivity index (χ0v) is 16.9. The fraction of sp³-hybridized carbons (Fsp3) is 0.389. The highest BCUT2D eigenvalue weighted by atomic mass is 35.5. The first kappa shape index (κ1) is 19.5. The van der Waals surface area contributed by atoms with E-state index in [0.717, 1.165) is 17.8 Å². The maximum Gasteiger partial charge on any atom is 0.280 e. The van der Waals surface area contributed by atoms with Gasteiger partial charge in [0.2, 0.25) is 0 Å². The van der Waals surface area contributed by atoms with Crippen molar-refractivity contribution in [1.29, 1.82) is 0 Å². The first-order valence-electron chi connectivity index (χ1n) is 8.81. The number of fused-ring (bicyclic) bond motifs is 1. The number of hydrogen-bond donors (Lipinski definition) is 1. The van der Waals surface area contributed by atoms with Gasteiger partial charge in [-0.2, -0.15) is 5.10 Å². The van der Waals surface area contributed by atoms with Gasteiger partial charge in [-0.1, -0.05) is 41.0 Å². The van der Waals surface area contributed by atoms with Gasteiger partial charge in [0, 0.05) is 35.7 Å². The molecule has 1 aliphatic rings. The molecule has 3 aromatic heterocycles. The van der Waals surface area contributed by atoms with Crippen LogP contribution in [-0.2, 0) is 0 Å². The molecule has 5 nitrogen and oxygen atoms in total. The van der Waals surface area contributed by atoms with Crippen LogP contribution >= 0.6 is 34.5 Å². The monoisotopic (exact) mass is 444 g/mol. The maximum atomic E-state index is 14.0. The van der Waals surface area contributed by atoms with Crippen molar-refractivity contribution in [1.82, 2.24) is 19.9 Å². The second-order valence-electron chi connectivity index (χ2n) is 6.79. The van der Waals surface area contributed by atoms with Crippen LogP contribution in [0.25, 0.3) is 16.8 Å². The van der Waals surface area contributed by atoms with Crippen LogP contribution in [0.5, 0.6) is 0 Å². The molecular formula is C18H16Cl2F2N4OS. The Bertz CT molecular complexity index is 1040. The van der Waals surface area contributed by atoms with Crippen molar-refractivity contribution in [2.24, 2.45) is 5.92 Å². The number of amides is 1. The van der Waals surface area contributed by atoms with E-state index in [-0.39, 0.29) is 18.0 Å². The summed E-state index contributed by atoms with van der Waals surface area (Å²) in [6, 6.07) is 3.43. The van der Waals surface area contributed by atoms with Crippen LogP contribution < -0.4 is 5.32 Å². The Labute approximate surface area is 173 Å². The molecule has 0 bridgehead atoms. The van der Waals surface area contributed by atoms with E-state index in [4.69, 9.17) is 23.2 Å². The van der Waals surface area contributed by atoms with Crippen molar-refractivity contribution in [2.45, 2.75) is 31.6 Å². The van der Waals surface area contributed by atoms with Crippen LogP contribution in [0.3, 0.4) is 0 Å². The molecule has 28 heavy (non-hydrogen) atoms. The van der Waals surface area contributed by atoms with Crippen LogP contribution in [0.1, 0.15) is 35.5 Å². The number of halogens is 4. The standard InChI is InChI=1S/C18H16Cl2F2N4OS/c19-11-4-6-26-13(7-11)12(9-24-26)14-15(20)28-17(25-14)16(27)23-8-10-3-1-2-5-18(10,21)22/h4,6-7,9-10H,1-3,5,8H2,(H,23,27)/t10-/m0/s1. The predicted octanol–water partition coefficient (Wildman–Crippen LogP) is 5.32. The highest BCUT2D eigenvalue weighted by molar-refractivity contribution is 7.18. The third-order valence-electron chi connectivity index (χ3n) is 4.94. The third kappa shape index (κ3) is 3.73. The van der Waals surface area contributed by atoms with Gasteiger partial charge in [-0.15, -0.1) is 0 Å². The Hall–Kier alpha value is -1.77. The van der Waals surface area contributed by atoms with Gasteiger partial charge in [0.25, 0.3) is 11.8 Å². The Morgan fingerprint density at radius 1 is 1.39 bits per heavy atom. The molecule has 3 aromatic rings. The fourth-order valence-electron chi connectivity index (χ4n) is 3.41. The Morgan fingerprint density at radius 3 is 3.00 bits per heavy atom. The van der Waals surface area contributed by atoms with Gasteiger partial charge in [0.05, 0.1) is 11.7 Å². The SMILES string of the molecule is O=C(NC[C@@H]1CCCCC1(F)F)c1nc(-c2cnn3ccc(Cl)cc23)c(Cl)s1. The zero-order valence-electron chi connectivity index (χ0n) is 14.6. The molecule has 3 heterocycles. The first-order chi connectivity index (χ1) is 13.3. The number of thiazole rings is 1. The van der Waals surface area contributed by atoms with Crippen molar-refractivity contribution in [3.8, 4) is 11.3 Å². The molecule has 4 rings (SSSR count). The third-order valence-corrected chi connectivity index (χ3v) is 6.43. The number of aromatic nitrogens is 3. The molecule has 0 unspecified atom stereocenters. The summed E-state index contributed by atoms with van der Waals surface area (Å²) >= 11 is 13.4. The molecule has 0 radical (unpaired) electrons. The van der Waals surface area contributed by atoms with E-state index in [1.165, 1.54) is 0 Å². The van der Waals surface area contributed by atoms with Crippen LogP contribution in [0.4, 0.5) is 8.78 Å². The second kappa shape index (κ2) is 7.57. The molecule has 0 saturated heterocycles. The number of rotatable bonds is 4. The van der Waals surface area contributed by atoms with E-state index in [9.17, 15) is 13.6 Å². The number of nitrogens with one attached hydrogen (secondary N) is 1. The smallest absolute Gasteiger partial charge is 0.280 e. The zero-order chi connectivity index (χ0) is 19.9. The van der Waals surface area contributed by atoms with E-state index >= 15 is 0 Å². The van der Waals surface area contributed by atoms with E-state index in [1.54, 1.807) is 29.0 Å². The van der Waals surface area contributed by atoms with Crippen LogP contribution in [-0.4, -0.2) is 33.0 Å². The summed E-state index contributed by atoms with van der Waals surface area (Å²) < 4.78 is 29.9. The van der Waals surface area contributed by atoms with Crippen molar-refractivity contribution in [2.75, 3.05) is 6.54 Å². The number of carbonyl (C=O) groups is 1. The molecule has 1 saturated carbocycles. The lowest BCUT2D eigenvalue weighted by molar-refractivity contribution is -0.0835. The molecule has 1 atom stereocenters. The summed E-state index contributed by atoms with van der Waals surface area (Å²) in [6.07, 6.45) is 4.85. The van der Waals surface area contributed by atoms with Gasteiger partial charge < -0.3 is 5.32 Å². The van der Waals surface area contributed by atoms with Gasteiger partial charge in [0.15, 0.2) is 5.01 Å². The minimum atomic E-state index is -2.74. The lowest BCUT2D eigenvalue weighted by Crippen LogP contribution is -2.40. The fourth-order valence-corrected chi connectivity index (χ4v) is 4.66. The quantitative estimate of drug-likeness (QED) is 0.592. The van der Waals surface area contributed by atoms with E-state index in [1.807, 2.05) is 0 Å². The van der Waals surface area contributed by atoms with Gasteiger partial charge >= 0.3 is 0 Å². The van der Waals surface area contributed by atoms with Crippen molar-refractivity contribution in [3.05, 3.63) is 38.9 Å². The summed E-state index contributed by atoms with van der Waals surface area (Å²) in [6.45, 7) is -0.0787. The van der Waals surface area contributed by atoms with E-state index in [0.29, 0.717) is 39.0 Å². The van der Waals surface area contributed by atoms with Crippen LogP contribution in [0.15, 0.2) is 24.5 Å². The van der Waals surface area contributed by atoms with Gasteiger partial charge in [-0.25, -0.2) is 18.3 Å². The summed E-state index contributed by atoms with van der Waals surface area (Å²) in [5.41, 5.74) is 1.76. The number of alkyl halides is 2. The molecule has 0 spiro atoms. The molecule has 1 fully saturated rings. The maximum absolute atomic E-state index is 14.0. The Morgan fingerprint density at radius 2 is 2.21 bits per heavy atom. The van der Waals surface area contributed by atoms with Crippen LogP contribution in [0.2, 0.25) is 9.36 Å². The molecule has 0 aliphatic heterocycles. The number of hydrogen-bond acceptors (Lipinski definition) is 4. The van der Waals surface area contributed by atoms with E-state index < -0.39 is 17.7 Å². The van der Waals surface area contributed by atoms with Gasteiger partial charge in [-0.05, 0) is 25.0 Å². The molecule has 1 amide bonds. The average molecular weight is 445 g/mol. The first-order valence-corrected chi connectivity index (χ1v) is 10.4. The molecule has 1 N–H and O–H groups in total. The number of pyridine rings is 1. The number of carbonyl (C=O) groups excluding carboxylic acids is 1. The normalized spacial score (nSPS) is 19.1. The Kier molecular flexibility index (Phi) is 5.28. The highest BCUT2D eigenvalue weighted by Gasteiger charge is 2.41. The molecule has 10 heteroatoms. The van der Waals surface area contributed by atoms with Gasteiger partial charge in [-0.3, -0.25) is 4.79 Å². The van der Waals surface area contributed by atoms with E-state index in [2.05, 4.69) is 15.4 Å². The summed E-state index contributed by atoms with van der Waals surface area (Å²) in [7, 11) is 0. The minimum absolute atomic E-state index is 0.0787. The average Bonchev–Trinajstić information content (AvgIpc) is 3.23. The van der Waals surface area contributed by atoms with Gasteiger partial charge in [0.1, 0.15) is 10.0 Å². The highest BCUT2D eigenvalue weighted by Crippen LogP contribution is 2.38.